The molecular formula is C8H8ClNO5S. The fraction of sp³-hybridized carbons (Fsp3) is 0.125. The zero-order chi connectivity index (χ0) is 12.3. The fourth-order valence-corrected chi connectivity index (χ4v) is 1.75. The van der Waals surface area contributed by atoms with Gasteiger partial charge in [-0.2, -0.15) is 0 Å². The number of hydrogen-bond acceptors (Lipinski definition) is 4. The number of ether oxygens (including phenoxy) is 1. The Balaban J connectivity index is 2.96. The molecule has 1 rings (SSSR count). The van der Waals surface area contributed by atoms with E-state index in [0.29, 0.717) is 0 Å². The number of hydrogen-bond donors (Lipinski definition) is 2. The van der Waals surface area contributed by atoms with Gasteiger partial charge in [-0.3, -0.25) is 0 Å². The summed E-state index contributed by atoms with van der Waals surface area (Å²) in [7, 11) is -3.83. The van der Waals surface area contributed by atoms with Crippen LogP contribution in [-0.4, -0.2) is 26.1 Å². The first kappa shape index (κ1) is 12.8. The van der Waals surface area contributed by atoms with Crippen molar-refractivity contribution in [3.8, 4) is 5.75 Å². The molecule has 1 aromatic rings. The number of aliphatic carboxylic acids is 1. The minimum absolute atomic E-state index is 0.0206. The van der Waals surface area contributed by atoms with Gasteiger partial charge in [-0.05, 0) is 18.2 Å². The maximum Gasteiger partial charge on any atom is 0.341 e. The number of sulfonamides is 1. The Kier molecular flexibility index (Phi) is 3.74. The van der Waals surface area contributed by atoms with E-state index in [-0.39, 0.29) is 15.7 Å². The predicted octanol–water partition coefficient (Wildman–Crippen LogP) is 0.451. The van der Waals surface area contributed by atoms with Crippen molar-refractivity contribution < 1.29 is 23.1 Å². The van der Waals surface area contributed by atoms with Gasteiger partial charge in [0.1, 0.15) is 5.75 Å². The highest BCUT2D eigenvalue weighted by Gasteiger charge is 2.11. The standard InChI is InChI=1S/C8H8ClNO5S/c9-6-3-5(16(10,13)14)1-2-7(6)15-4-8(11)12/h1-3H,4H2,(H,11,12)(H2,10,13,14). The quantitative estimate of drug-likeness (QED) is 0.822. The monoisotopic (exact) mass is 265 g/mol. The van der Waals surface area contributed by atoms with Gasteiger partial charge in [-0.15, -0.1) is 0 Å². The third-order valence-electron chi connectivity index (χ3n) is 1.58. The van der Waals surface area contributed by atoms with Crippen LogP contribution in [0.2, 0.25) is 5.02 Å². The van der Waals surface area contributed by atoms with Crippen LogP contribution in [0.5, 0.6) is 5.75 Å². The number of benzene rings is 1. The molecule has 0 aliphatic heterocycles. The van der Waals surface area contributed by atoms with Gasteiger partial charge in [-0.1, -0.05) is 11.6 Å². The van der Waals surface area contributed by atoms with Crippen molar-refractivity contribution in [3.05, 3.63) is 23.2 Å². The lowest BCUT2D eigenvalue weighted by Crippen LogP contribution is -2.13. The summed E-state index contributed by atoms with van der Waals surface area (Å²) in [6.07, 6.45) is 0. The highest BCUT2D eigenvalue weighted by molar-refractivity contribution is 7.89. The van der Waals surface area contributed by atoms with Gasteiger partial charge in [0.2, 0.25) is 10.0 Å². The summed E-state index contributed by atoms with van der Waals surface area (Å²) >= 11 is 5.68. The highest BCUT2D eigenvalue weighted by atomic mass is 35.5. The van der Waals surface area contributed by atoms with Crippen molar-refractivity contribution in [2.45, 2.75) is 4.90 Å². The molecule has 0 heterocycles. The zero-order valence-electron chi connectivity index (χ0n) is 7.88. The number of carboxylic acid groups (broad SMARTS) is 1. The van der Waals surface area contributed by atoms with E-state index in [9.17, 15) is 13.2 Å². The first-order valence-corrected chi connectivity index (χ1v) is 5.90. The van der Waals surface area contributed by atoms with Crippen molar-refractivity contribution in [1.29, 1.82) is 0 Å². The number of primary sulfonamides is 1. The van der Waals surface area contributed by atoms with Crippen LogP contribution in [0.3, 0.4) is 0 Å². The molecule has 0 aromatic heterocycles. The SMILES string of the molecule is NS(=O)(=O)c1ccc(OCC(=O)O)c(Cl)c1. The molecule has 1 aromatic carbocycles. The molecule has 3 N–H and O–H groups in total. The molecule has 0 bridgehead atoms. The number of carboxylic acids is 1. The maximum atomic E-state index is 10.9. The molecule has 0 amide bonds. The van der Waals surface area contributed by atoms with Gasteiger partial charge in [0.15, 0.2) is 6.61 Å². The van der Waals surface area contributed by atoms with Crippen molar-refractivity contribution >= 4 is 27.6 Å². The Morgan fingerprint density at radius 3 is 2.56 bits per heavy atom. The first-order chi connectivity index (χ1) is 7.30. The number of carbonyl (C=O) groups is 1. The minimum atomic E-state index is -3.83. The van der Waals surface area contributed by atoms with Gasteiger partial charge in [0.05, 0.1) is 9.92 Å². The molecule has 8 heteroatoms. The molecule has 0 fully saturated rings. The summed E-state index contributed by atoms with van der Waals surface area (Å²) in [6.45, 7) is -0.561. The third-order valence-corrected chi connectivity index (χ3v) is 2.79. The Labute approximate surface area is 96.6 Å². The van der Waals surface area contributed by atoms with Gasteiger partial charge in [-0.25, -0.2) is 18.4 Å². The van der Waals surface area contributed by atoms with Crippen LogP contribution in [-0.2, 0) is 14.8 Å². The summed E-state index contributed by atoms with van der Waals surface area (Å²) in [6, 6.07) is 3.51. The summed E-state index contributed by atoms with van der Waals surface area (Å²) < 4.78 is 26.7. The third kappa shape index (κ3) is 3.37. The van der Waals surface area contributed by atoms with Gasteiger partial charge >= 0.3 is 5.97 Å². The second-order valence-corrected chi connectivity index (χ2v) is 4.79. The maximum absolute atomic E-state index is 10.9. The summed E-state index contributed by atoms with van der Waals surface area (Å²) in [5.41, 5.74) is 0. The van der Waals surface area contributed by atoms with Crippen molar-refractivity contribution in [3.63, 3.8) is 0 Å². The van der Waals surface area contributed by atoms with Crippen LogP contribution in [0.15, 0.2) is 23.1 Å². The molecule has 0 aliphatic rings. The topological polar surface area (TPSA) is 107 Å². The zero-order valence-corrected chi connectivity index (χ0v) is 9.46. The average molecular weight is 266 g/mol. The number of halogens is 1. The lowest BCUT2D eigenvalue weighted by atomic mass is 10.3. The lowest BCUT2D eigenvalue weighted by molar-refractivity contribution is -0.139. The predicted molar refractivity (Wildman–Crippen MR) is 56.0 cm³/mol. The molecule has 0 radical (unpaired) electrons. The summed E-state index contributed by atoms with van der Waals surface area (Å²) in [4.78, 5) is 10.1. The van der Waals surface area contributed by atoms with E-state index < -0.39 is 22.6 Å². The van der Waals surface area contributed by atoms with Crippen LogP contribution in [0.25, 0.3) is 0 Å². The molecule has 6 nitrogen and oxygen atoms in total. The van der Waals surface area contributed by atoms with Crippen molar-refractivity contribution in [2.75, 3.05) is 6.61 Å². The van der Waals surface area contributed by atoms with E-state index in [4.69, 9.17) is 26.6 Å². The van der Waals surface area contributed by atoms with Gasteiger partial charge in [0.25, 0.3) is 0 Å². The van der Waals surface area contributed by atoms with E-state index in [1.165, 1.54) is 12.1 Å². The van der Waals surface area contributed by atoms with E-state index in [1.54, 1.807) is 0 Å². The van der Waals surface area contributed by atoms with Crippen LogP contribution in [0, 0.1) is 0 Å². The summed E-state index contributed by atoms with van der Waals surface area (Å²) in [5.74, 6) is -1.08. The fourth-order valence-electron chi connectivity index (χ4n) is 0.915. The van der Waals surface area contributed by atoms with Crippen LogP contribution in [0.4, 0.5) is 0 Å². The van der Waals surface area contributed by atoms with Crippen molar-refractivity contribution in [1.82, 2.24) is 0 Å². The Morgan fingerprint density at radius 2 is 2.12 bits per heavy atom. The lowest BCUT2D eigenvalue weighted by Gasteiger charge is -2.06. The van der Waals surface area contributed by atoms with Gasteiger partial charge < -0.3 is 9.84 Å². The molecular weight excluding hydrogens is 258 g/mol. The first-order valence-electron chi connectivity index (χ1n) is 3.97. The molecule has 0 saturated heterocycles. The molecule has 88 valence electrons. The largest absolute Gasteiger partial charge is 0.480 e. The molecule has 16 heavy (non-hydrogen) atoms. The smallest absolute Gasteiger partial charge is 0.341 e. The van der Waals surface area contributed by atoms with E-state index in [0.717, 1.165) is 6.07 Å². The van der Waals surface area contributed by atoms with Crippen molar-refractivity contribution in [2.24, 2.45) is 5.14 Å². The summed E-state index contributed by atoms with van der Waals surface area (Å²) in [5, 5.41) is 13.2. The average Bonchev–Trinajstić information content (AvgIpc) is 2.14. The van der Waals surface area contributed by atoms with Crippen LogP contribution >= 0.6 is 11.6 Å². The number of nitrogens with two attached hydrogens (primary N) is 1. The molecule has 0 aliphatic carbocycles. The van der Waals surface area contributed by atoms with Crippen LogP contribution < -0.4 is 9.88 Å². The molecule has 0 spiro atoms. The second-order valence-electron chi connectivity index (χ2n) is 2.82. The molecule has 0 saturated carbocycles. The van der Waals surface area contributed by atoms with E-state index in [1.807, 2.05) is 0 Å². The Morgan fingerprint density at radius 1 is 1.50 bits per heavy atom. The van der Waals surface area contributed by atoms with Crippen LogP contribution in [0.1, 0.15) is 0 Å². The van der Waals surface area contributed by atoms with Gasteiger partial charge in [0, 0.05) is 0 Å². The Hall–Kier alpha value is -1.31. The molecule has 0 atom stereocenters. The molecule has 0 unspecified atom stereocenters. The minimum Gasteiger partial charge on any atom is -0.480 e. The number of rotatable bonds is 4. The normalized spacial score (nSPS) is 11.1. The van der Waals surface area contributed by atoms with E-state index >= 15 is 0 Å². The Bertz CT molecular complexity index is 513. The van der Waals surface area contributed by atoms with E-state index in [2.05, 4.69) is 0 Å². The highest BCUT2D eigenvalue weighted by Crippen LogP contribution is 2.26. The second kappa shape index (κ2) is 4.69.